The van der Waals surface area contributed by atoms with E-state index < -0.39 is 0 Å². The van der Waals surface area contributed by atoms with Crippen LogP contribution in [0.25, 0.3) is 0 Å². The van der Waals surface area contributed by atoms with Crippen molar-refractivity contribution in [3.05, 3.63) is 23.2 Å². The van der Waals surface area contributed by atoms with Crippen LogP contribution in [0, 0.1) is 5.41 Å². The Kier molecular flexibility index (Phi) is 4.91. The van der Waals surface area contributed by atoms with Gasteiger partial charge in [0.2, 0.25) is 0 Å². The van der Waals surface area contributed by atoms with Gasteiger partial charge in [0.15, 0.2) is 0 Å². The normalized spacial score (nSPS) is 22.0. The van der Waals surface area contributed by atoms with Gasteiger partial charge in [0, 0.05) is 17.5 Å². The molecular weight excluding hydrogens is 278 g/mol. The second-order valence-electron chi connectivity index (χ2n) is 5.59. The minimum Gasteiger partial charge on any atom is -0.492 e. The first-order chi connectivity index (χ1) is 9.03. The van der Waals surface area contributed by atoms with E-state index in [4.69, 9.17) is 16.3 Å². The molecule has 19 heavy (non-hydrogen) atoms. The lowest BCUT2D eigenvalue weighted by molar-refractivity contribution is 0.305. The van der Waals surface area contributed by atoms with E-state index in [9.17, 15) is 0 Å². The SMILES string of the molecule is CCOc1ccc(NC2CSCCC2(C)C)cc1Cl. The Morgan fingerprint density at radius 2 is 2.26 bits per heavy atom. The van der Waals surface area contributed by atoms with Crippen LogP contribution in [0.3, 0.4) is 0 Å². The lowest BCUT2D eigenvalue weighted by Crippen LogP contribution is -2.41. The maximum absolute atomic E-state index is 6.23. The fourth-order valence-corrected chi connectivity index (χ4v) is 4.08. The van der Waals surface area contributed by atoms with Gasteiger partial charge in [-0.2, -0.15) is 11.8 Å². The van der Waals surface area contributed by atoms with Crippen LogP contribution >= 0.6 is 23.4 Å². The van der Waals surface area contributed by atoms with Crippen molar-refractivity contribution in [1.82, 2.24) is 0 Å². The molecule has 4 heteroatoms. The lowest BCUT2D eigenvalue weighted by Gasteiger charge is -2.39. The van der Waals surface area contributed by atoms with Crippen LogP contribution in [0.2, 0.25) is 5.02 Å². The molecule has 2 nitrogen and oxygen atoms in total. The number of anilines is 1. The molecule has 1 unspecified atom stereocenters. The molecule has 1 saturated heterocycles. The highest BCUT2D eigenvalue weighted by Crippen LogP contribution is 2.37. The van der Waals surface area contributed by atoms with Crippen molar-refractivity contribution in [3.8, 4) is 5.75 Å². The van der Waals surface area contributed by atoms with Crippen LogP contribution in [0.5, 0.6) is 5.75 Å². The molecular formula is C15H22ClNOS. The van der Waals surface area contributed by atoms with Gasteiger partial charge >= 0.3 is 0 Å². The fourth-order valence-electron chi connectivity index (χ4n) is 2.24. The molecule has 1 aromatic carbocycles. The molecule has 1 aliphatic rings. The van der Waals surface area contributed by atoms with Gasteiger partial charge in [-0.15, -0.1) is 0 Å². The number of benzene rings is 1. The highest BCUT2D eigenvalue weighted by molar-refractivity contribution is 7.99. The van der Waals surface area contributed by atoms with Crippen molar-refractivity contribution in [3.63, 3.8) is 0 Å². The van der Waals surface area contributed by atoms with E-state index in [1.165, 1.54) is 12.2 Å². The highest BCUT2D eigenvalue weighted by Gasteiger charge is 2.32. The molecule has 1 N–H and O–H groups in total. The molecule has 2 rings (SSSR count). The number of ether oxygens (including phenoxy) is 1. The summed E-state index contributed by atoms with van der Waals surface area (Å²) in [5, 5.41) is 4.29. The molecule has 1 aromatic rings. The highest BCUT2D eigenvalue weighted by atomic mass is 35.5. The molecule has 1 heterocycles. The molecule has 0 amide bonds. The molecule has 0 spiro atoms. The van der Waals surface area contributed by atoms with Crippen LogP contribution in [0.1, 0.15) is 27.2 Å². The molecule has 0 aliphatic carbocycles. The zero-order chi connectivity index (χ0) is 13.9. The van der Waals surface area contributed by atoms with E-state index in [1.54, 1.807) is 0 Å². The number of rotatable bonds is 4. The quantitative estimate of drug-likeness (QED) is 0.872. The summed E-state index contributed by atoms with van der Waals surface area (Å²) < 4.78 is 5.46. The van der Waals surface area contributed by atoms with E-state index >= 15 is 0 Å². The van der Waals surface area contributed by atoms with Crippen LogP contribution in [0.15, 0.2) is 18.2 Å². The zero-order valence-electron chi connectivity index (χ0n) is 11.8. The van der Waals surface area contributed by atoms with E-state index in [1.807, 2.05) is 36.9 Å². The number of thioether (sulfide) groups is 1. The van der Waals surface area contributed by atoms with Gasteiger partial charge in [-0.05, 0) is 42.7 Å². The molecule has 1 aliphatic heterocycles. The Morgan fingerprint density at radius 1 is 1.47 bits per heavy atom. The first kappa shape index (κ1) is 14.9. The first-order valence-corrected chi connectivity index (χ1v) is 8.33. The Balaban J connectivity index is 2.08. The first-order valence-electron chi connectivity index (χ1n) is 6.79. The Labute approximate surface area is 125 Å². The smallest absolute Gasteiger partial charge is 0.138 e. The third kappa shape index (κ3) is 3.73. The van der Waals surface area contributed by atoms with Crippen LogP contribution in [-0.2, 0) is 0 Å². The lowest BCUT2D eigenvalue weighted by atomic mass is 9.82. The van der Waals surface area contributed by atoms with Gasteiger partial charge in [-0.25, -0.2) is 0 Å². The minimum absolute atomic E-state index is 0.330. The largest absolute Gasteiger partial charge is 0.492 e. The average Bonchev–Trinajstić information content (AvgIpc) is 2.35. The van der Waals surface area contributed by atoms with Crippen molar-refractivity contribution in [2.75, 3.05) is 23.4 Å². The number of halogens is 1. The third-order valence-electron chi connectivity index (χ3n) is 3.69. The predicted molar refractivity (Wildman–Crippen MR) is 85.8 cm³/mol. The average molecular weight is 300 g/mol. The van der Waals surface area contributed by atoms with E-state index in [2.05, 4.69) is 19.2 Å². The summed E-state index contributed by atoms with van der Waals surface area (Å²) in [5.74, 6) is 3.17. The van der Waals surface area contributed by atoms with E-state index in [0.717, 1.165) is 17.2 Å². The van der Waals surface area contributed by atoms with Crippen LogP contribution in [-0.4, -0.2) is 24.2 Å². The standard InChI is InChI=1S/C15H22ClNOS/c1-4-18-13-6-5-11(9-12(13)16)17-14-10-19-8-7-15(14,2)3/h5-6,9,14,17H,4,7-8,10H2,1-3H3. The van der Waals surface area contributed by atoms with Gasteiger partial charge in [-0.3, -0.25) is 0 Å². The molecule has 0 radical (unpaired) electrons. The summed E-state index contributed by atoms with van der Waals surface area (Å²) in [6.45, 7) is 7.27. The van der Waals surface area contributed by atoms with Crippen molar-refractivity contribution in [2.45, 2.75) is 33.2 Å². The summed E-state index contributed by atoms with van der Waals surface area (Å²) in [6.07, 6.45) is 1.25. The molecule has 1 atom stereocenters. The Bertz CT molecular complexity index is 436. The predicted octanol–water partition coefficient (Wildman–Crippen LogP) is 4.68. The van der Waals surface area contributed by atoms with E-state index in [0.29, 0.717) is 23.1 Å². The molecule has 1 fully saturated rings. The summed E-state index contributed by atoms with van der Waals surface area (Å²) in [5.41, 5.74) is 1.41. The van der Waals surface area contributed by atoms with Crippen LogP contribution < -0.4 is 10.1 Å². The van der Waals surface area contributed by atoms with Gasteiger partial charge in [0.05, 0.1) is 11.6 Å². The van der Waals surface area contributed by atoms with Gasteiger partial charge in [-0.1, -0.05) is 25.4 Å². The van der Waals surface area contributed by atoms with Gasteiger partial charge in [0.1, 0.15) is 5.75 Å². The maximum Gasteiger partial charge on any atom is 0.138 e. The molecule has 0 bridgehead atoms. The topological polar surface area (TPSA) is 21.3 Å². The Hall–Kier alpha value is -0.540. The van der Waals surface area contributed by atoms with Gasteiger partial charge in [0.25, 0.3) is 0 Å². The summed E-state index contributed by atoms with van der Waals surface area (Å²) in [6, 6.07) is 6.44. The second-order valence-corrected chi connectivity index (χ2v) is 7.15. The summed E-state index contributed by atoms with van der Waals surface area (Å²) in [4.78, 5) is 0. The third-order valence-corrected chi connectivity index (χ3v) is 5.05. The Morgan fingerprint density at radius 3 is 2.89 bits per heavy atom. The number of hydrogen-bond acceptors (Lipinski definition) is 3. The maximum atomic E-state index is 6.23. The summed E-state index contributed by atoms with van der Waals surface area (Å²) in [7, 11) is 0. The summed E-state index contributed by atoms with van der Waals surface area (Å²) >= 11 is 8.25. The minimum atomic E-state index is 0.330. The molecule has 0 aromatic heterocycles. The van der Waals surface area contributed by atoms with E-state index in [-0.39, 0.29) is 0 Å². The van der Waals surface area contributed by atoms with Crippen molar-refractivity contribution in [2.24, 2.45) is 5.41 Å². The van der Waals surface area contributed by atoms with Crippen molar-refractivity contribution < 1.29 is 4.74 Å². The molecule has 0 saturated carbocycles. The fraction of sp³-hybridized carbons (Fsp3) is 0.600. The number of hydrogen-bond donors (Lipinski definition) is 1. The number of nitrogens with one attached hydrogen (secondary N) is 1. The van der Waals surface area contributed by atoms with Crippen molar-refractivity contribution in [1.29, 1.82) is 0 Å². The van der Waals surface area contributed by atoms with Crippen molar-refractivity contribution >= 4 is 29.1 Å². The van der Waals surface area contributed by atoms with Gasteiger partial charge < -0.3 is 10.1 Å². The van der Waals surface area contributed by atoms with Crippen LogP contribution in [0.4, 0.5) is 5.69 Å². The zero-order valence-corrected chi connectivity index (χ0v) is 13.4. The second kappa shape index (κ2) is 6.27. The molecule has 106 valence electrons. The monoisotopic (exact) mass is 299 g/mol.